The van der Waals surface area contributed by atoms with Gasteiger partial charge in [-0.1, -0.05) is 5.76 Å². The summed E-state index contributed by atoms with van der Waals surface area (Å²) in [5, 5.41) is 26.4. The summed E-state index contributed by atoms with van der Waals surface area (Å²) in [4.78, 5) is 10.1. The van der Waals surface area contributed by atoms with Crippen molar-refractivity contribution in [2.75, 3.05) is 24.9 Å². The van der Waals surface area contributed by atoms with Crippen molar-refractivity contribution in [3.05, 3.63) is 39.3 Å². The van der Waals surface area contributed by atoms with Crippen LogP contribution in [0.3, 0.4) is 0 Å². The van der Waals surface area contributed by atoms with Gasteiger partial charge in [-0.25, -0.2) is 0 Å². The Balaban J connectivity index is 3.37. The first-order valence-electron chi connectivity index (χ1n) is 5.04. The maximum atomic E-state index is 11.9. The molecule has 0 saturated heterocycles. The average molecular weight is 270 g/mol. The van der Waals surface area contributed by atoms with Gasteiger partial charge >= 0.3 is 0 Å². The lowest BCUT2D eigenvalue weighted by molar-refractivity contribution is -0.385. The summed E-state index contributed by atoms with van der Waals surface area (Å²) in [7, 11) is -0.747. The fourth-order valence-electron chi connectivity index (χ4n) is 1.39. The van der Waals surface area contributed by atoms with Crippen molar-refractivity contribution in [1.82, 2.24) is 0 Å². The van der Waals surface area contributed by atoms with Crippen molar-refractivity contribution < 1.29 is 14.2 Å². The normalized spacial score (nSPS) is 12.3. The number of non-ortho nitro benzene ring substituents is 1. The van der Waals surface area contributed by atoms with E-state index in [1.165, 1.54) is 30.7 Å². The van der Waals surface area contributed by atoms with E-state index in [0.29, 0.717) is 5.69 Å². The van der Waals surface area contributed by atoms with Gasteiger partial charge in [0.2, 0.25) is 0 Å². The molecule has 0 bridgehead atoms. The Morgan fingerprint density at radius 3 is 2.50 bits per heavy atom. The zero-order chi connectivity index (χ0) is 13.9. The van der Waals surface area contributed by atoms with Crippen molar-refractivity contribution in [3.63, 3.8) is 0 Å². The third-order valence-electron chi connectivity index (χ3n) is 2.14. The molecule has 1 N–H and O–H groups in total. The molecule has 0 aliphatic carbocycles. The van der Waals surface area contributed by atoms with E-state index in [2.05, 4.69) is 5.32 Å². The molecule has 1 rings (SSSR count). The average Bonchev–Trinajstić information content (AvgIpc) is 2.25. The molecule has 0 spiro atoms. The molecule has 0 atom stereocenters. The number of hydrogen-bond donors (Lipinski definition) is 1. The summed E-state index contributed by atoms with van der Waals surface area (Å²) in [6, 6.07) is 3.93. The predicted molar refractivity (Wildman–Crippen MR) is 70.5 cm³/mol. The van der Waals surface area contributed by atoms with Crippen molar-refractivity contribution in [1.29, 1.82) is 0 Å². The van der Waals surface area contributed by atoms with Crippen LogP contribution in [-0.2, 0) is 14.1 Å². The molecular weight excluding hydrogens is 256 g/mol. The predicted octanol–water partition coefficient (Wildman–Crippen LogP) is 1.05. The van der Waals surface area contributed by atoms with E-state index in [-0.39, 0.29) is 11.3 Å². The second-order valence-electron chi connectivity index (χ2n) is 4.03. The molecule has 0 saturated carbocycles. The molecule has 0 aromatic heterocycles. The maximum absolute atomic E-state index is 11.9. The van der Waals surface area contributed by atoms with Crippen LogP contribution in [0.2, 0.25) is 0 Å². The van der Waals surface area contributed by atoms with Gasteiger partial charge < -0.3 is 10.4 Å². The van der Waals surface area contributed by atoms with Crippen LogP contribution >= 0.6 is 0 Å². The Morgan fingerprint density at radius 2 is 2.06 bits per heavy atom. The summed E-state index contributed by atoms with van der Waals surface area (Å²) >= 11 is 0. The molecule has 7 heteroatoms. The van der Waals surface area contributed by atoms with E-state index in [9.17, 15) is 19.4 Å². The molecule has 0 aliphatic rings. The van der Waals surface area contributed by atoms with Gasteiger partial charge in [0.25, 0.3) is 5.69 Å². The Bertz CT molecular complexity index is 548. The van der Waals surface area contributed by atoms with Crippen molar-refractivity contribution >= 4 is 27.1 Å². The van der Waals surface area contributed by atoms with E-state index in [0.717, 1.165) is 5.41 Å². The number of nitro groups is 1. The Hall–Kier alpha value is -1.89. The lowest BCUT2D eigenvalue weighted by atomic mass is 10.1. The highest BCUT2D eigenvalue weighted by molar-refractivity contribution is 8.04. The number of nitro benzene ring substituents is 1. The van der Waals surface area contributed by atoms with E-state index in [1.807, 2.05) is 0 Å². The number of nitrogens with one attached hydrogen (secondary N) is 1. The third kappa shape index (κ3) is 3.56. The highest BCUT2D eigenvalue weighted by Gasteiger charge is 2.13. The number of rotatable bonds is 4. The van der Waals surface area contributed by atoms with Crippen molar-refractivity contribution in [2.24, 2.45) is 0 Å². The first-order valence-corrected chi connectivity index (χ1v) is 7.48. The van der Waals surface area contributed by atoms with E-state index in [4.69, 9.17) is 0 Å². The number of nitrogens with zero attached hydrogens (tertiary/aromatic N) is 1. The quantitative estimate of drug-likeness (QED) is 0.382. The van der Waals surface area contributed by atoms with Crippen LogP contribution in [0.15, 0.2) is 23.6 Å². The summed E-state index contributed by atoms with van der Waals surface area (Å²) in [5.74, 6) is -0.488. The van der Waals surface area contributed by atoms with Crippen molar-refractivity contribution in [3.8, 4) is 0 Å². The van der Waals surface area contributed by atoms with Crippen LogP contribution in [0, 0.1) is 10.1 Å². The smallest absolute Gasteiger partial charge is 0.270 e. The minimum Gasteiger partial charge on any atom is -0.869 e. The van der Waals surface area contributed by atoms with Gasteiger partial charge in [0.1, 0.15) is 27.9 Å². The van der Waals surface area contributed by atoms with Gasteiger partial charge in [-0.05, 0) is 6.07 Å². The van der Waals surface area contributed by atoms with Gasteiger partial charge in [-0.3, -0.25) is 10.1 Å². The molecule has 0 aliphatic heterocycles. The second-order valence-corrected chi connectivity index (χ2v) is 6.88. The van der Waals surface area contributed by atoms with Crippen LogP contribution in [-0.4, -0.2) is 24.5 Å². The fraction of sp³-hybridized carbons (Fsp3) is 0.273. The van der Waals surface area contributed by atoms with Gasteiger partial charge in [-0.15, -0.1) is 4.21 Å². The zero-order valence-corrected chi connectivity index (χ0v) is 11.1. The highest BCUT2D eigenvalue weighted by Crippen LogP contribution is 2.26. The molecule has 98 valence electrons. The minimum absolute atomic E-state index is 0.142. The van der Waals surface area contributed by atoms with Gasteiger partial charge in [-0.2, -0.15) is 0 Å². The largest absolute Gasteiger partial charge is 0.869 e. The fourth-order valence-corrected chi connectivity index (χ4v) is 2.03. The van der Waals surface area contributed by atoms with Crippen LogP contribution in [0.5, 0.6) is 0 Å². The zero-order valence-electron chi connectivity index (χ0n) is 10.3. The van der Waals surface area contributed by atoms with Gasteiger partial charge in [0.05, 0.1) is 4.92 Å². The maximum Gasteiger partial charge on any atom is 0.270 e. The van der Waals surface area contributed by atoms with E-state index < -0.39 is 20.6 Å². The van der Waals surface area contributed by atoms with E-state index in [1.54, 1.807) is 7.05 Å². The lowest BCUT2D eigenvalue weighted by Gasteiger charge is -2.15. The molecule has 0 unspecified atom stereocenters. The van der Waals surface area contributed by atoms with Gasteiger partial charge in [0.15, 0.2) is 0 Å². The molecule has 1 aromatic carbocycles. The Labute approximate surface area is 106 Å². The number of anilines is 1. The molecule has 0 amide bonds. The Kier molecular flexibility index (Phi) is 4.07. The SMILES string of the molecule is CNc1ccc([N+](=O)[O-])cc1/C([O-])=C\[S+](C)(C)=O. The second kappa shape index (κ2) is 5.18. The molecular formula is C11H14N2O4S. The molecule has 0 fully saturated rings. The van der Waals surface area contributed by atoms with Crippen molar-refractivity contribution in [2.45, 2.75) is 0 Å². The molecule has 0 radical (unpaired) electrons. The lowest BCUT2D eigenvalue weighted by Crippen LogP contribution is -2.10. The Morgan fingerprint density at radius 1 is 1.44 bits per heavy atom. The first kappa shape index (κ1) is 14.2. The first-order chi connectivity index (χ1) is 8.24. The van der Waals surface area contributed by atoms with Crippen LogP contribution in [0.25, 0.3) is 5.76 Å². The summed E-state index contributed by atoms with van der Waals surface area (Å²) in [5.41, 5.74) is 0.429. The standard InChI is InChI=1S/C11H14N2O4S/c1-12-10-5-4-8(13(15)16)6-9(10)11(14)7-18(2,3)17/h4-7H,1-3H3,(H-,12,14,17). The monoisotopic (exact) mass is 270 g/mol. The summed E-state index contributed by atoms with van der Waals surface area (Å²) in [6.07, 6.45) is 2.86. The number of benzene rings is 1. The van der Waals surface area contributed by atoms with Crippen LogP contribution in [0.1, 0.15) is 5.56 Å². The van der Waals surface area contributed by atoms with E-state index >= 15 is 0 Å². The van der Waals surface area contributed by atoms with Gasteiger partial charge in [0, 0.05) is 30.4 Å². The van der Waals surface area contributed by atoms with Crippen LogP contribution < -0.4 is 10.4 Å². The molecule has 0 heterocycles. The topological polar surface area (TPSA) is 95.3 Å². The summed E-state index contributed by atoms with van der Waals surface area (Å²) in [6.45, 7) is 0. The van der Waals surface area contributed by atoms with Crippen LogP contribution in [0.4, 0.5) is 11.4 Å². The minimum atomic E-state index is -2.35. The molecule has 1 aromatic rings. The number of hydrogen-bond acceptors (Lipinski definition) is 5. The summed E-state index contributed by atoms with van der Waals surface area (Å²) < 4.78 is 11.6. The molecule has 18 heavy (non-hydrogen) atoms. The highest BCUT2D eigenvalue weighted by atomic mass is 32.2. The third-order valence-corrected chi connectivity index (χ3v) is 2.92. The molecule has 6 nitrogen and oxygen atoms in total.